The Morgan fingerprint density at radius 2 is 1.88 bits per heavy atom. The first-order valence-corrected chi connectivity index (χ1v) is 11.1. The van der Waals surface area contributed by atoms with E-state index in [-0.39, 0.29) is 5.91 Å². The molecule has 0 saturated heterocycles. The van der Waals surface area contributed by atoms with Gasteiger partial charge in [-0.3, -0.25) is 4.79 Å². The third kappa shape index (κ3) is 9.34. The van der Waals surface area contributed by atoms with E-state index in [1.54, 1.807) is 12.3 Å². The van der Waals surface area contributed by atoms with Crippen LogP contribution >= 0.6 is 0 Å². The highest BCUT2D eigenvalue weighted by molar-refractivity contribution is 5.90. The van der Waals surface area contributed by atoms with Crippen LogP contribution in [-0.4, -0.2) is 49.8 Å². The number of hydrogen-bond donors (Lipinski definition) is 3. The van der Waals surface area contributed by atoms with Crippen molar-refractivity contribution in [1.82, 2.24) is 15.6 Å². The molecule has 1 aromatic carbocycles. The zero-order valence-corrected chi connectivity index (χ0v) is 19.5. The summed E-state index contributed by atoms with van der Waals surface area (Å²) in [6.45, 7) is 11.3. The van der Waals surface area contributed by atoms with E-state index in [0.717, 1.165) is 29.0 Å². The summed E-state index contributed by atoms with van der Waals surface area (Å²) in [7, 11) is 0. The summed E-state index contributed by atoms with van der Waals surface area (Å²) >= 11 is 0. The molecule has 0 unspecified atom stereocenters. The van der Waals surface area contributed by atoms with Gasteiger partial charge in [-0.25, -0.2) is 9.98 Å². The van der Waals surface area contributed by atoms with Crippen LogP contribution in [0.25, 0.3) is 0 Å². The van der Waals surface area contributed by atoms with Gasteiger partial charge >= 0.3 is 0 Å². The lowest BCUT2D eigenvalue weighted by Crippen LogP contribution is -2.38. The van der Waals surface area contributed by atoms with Crippen LogP contribution in [0.15, 0.2) is 41.5 Å². The van der Waals surface area contributed by atoms with Crippen LogP contribution in [0.1, 0.15) is 37.0 Å². The van der Waals surface area contributed by atoms with E-state index in [0.29, 0.717) is 51.1 Å². The monoisotopic (exact) mass is 441 g/mol. The molecule has 32 heavy (non-hydrogen) atoms. The number of benzene rings is 1. The van der Waals surface area contributed by atoms with Crippen molar-refractivity contribution in [1.29, 1.82) is 0 Å². The van der Waals surface area contributed by atoms with Crippen LogP contribution in [0, 0.1) is 13.8 Å². The van der Waals surface area contributed by atoms with Gasteiger partial charge in [-0.2, -0.15) is 0 Å². The van der Waals surface area contributed by atoms with E-state index in [2.05, 4.69) is 25.9 Å². The zero-order chi connectivity index (χ0) is 23.2. The van der Waals surface area contributed by atoms with Crippen LogP contribution in [-0.2, 0) is 16.1 Å². The molecule has 2 aromatic rings. The molecule has 1 aromatic heterocycles. The second kappa shape index (κ2) is 14.0. The molecule has 0 bridgehead atoms. The summed E-state index contributed by atoms with van der Waals surface area (Å²) in [4.78, 5) is 21.0. The van der Waals surface area contributed by atoms with Gasteiger partial charge in [0.25, 0.3) is 0 Å². The van der Waals surface area contributed by atoms with E-state index >= 15 is 0 Å². The molecular formula is C24H35N5O3. The predicted molar refractivity (Wildman–Crippen MR) is 128 cm³/mol. The number of aromatic nitrogens is 1. The van der Waals surface area contributed by atoms with Crippen molar-refractivity contribution in [3.8, 4) is 5.75 Å². The Kier molecular flexibility index (Phi) is 11.0. The Balaban J connectivity index is 1.89. The van der Waals surface area contributed by atoms with Gasteiger partial charge in [0, 0.05) is 37.9 Å². The first-order valence-electron chi connectivity index (χ1n) is 11.1. The molecular weight excluding hydrogens is 406 g/mol. The van der Waals surface area contributed by atoms with Gasteiger partial charge in [-0.15, -0.1) is 0 Å². The Labute approximate surface area is 190 Å². The van der Waals surface area contributed by atoms with Gasteiger partial charge in [-0.1, -0.05) is 18.2 Å². The predicted octanol–water partition coefficient (Wildman–Crippen LogP) is 3.20. The number of nitrogens with one attached hydrogen (secondary N) is 3. The van der Waals surface area contributed by atoms with Gasteiger partial charge < -0.3 is 25.4 Å². The fraction of sp³-hybridized carbons (Fsp3) is 0.458. The highest BCUT2D eigenvalue weighted by Crippen LogP contribution is 2.21. The Bertz CT molecular complexity index is 868. The molecule has 0 atom stereocenters. The summed E-state index contributed by atoms with van der Waals surface area (Å²) in [6, 6.07) is 9.80. The van der Waals surface area contributed by atoms with Crippen LogP contribution in [0.4, 0.5) is 5.82 Å². The lowest BCUT2D eigenvalue weighted by molar-refractivity contribution is -0.116. The molecule has 1 heterocycles. The average molecular weight is 442 g/mol. The maximum Gasteiger partial charge on any atom is 0.227 e. The van der Waals surface area contributed by atoms with Crippen LogP contribution < -0.4 is 20.7 Å². The first kappa shape index (κ1) is 25.1. The molecule has 174 valence electrons. The highest BCUT2D eigenvalue weighted by atomic mass is 16.5. The first-order chi connectivity index (χ1) is 15.5. The summed E-state index contributed by atoms with van der Waals surface area (Å²) in [5, 5.41) is 9.21. The maximum atomic E-state index is 12.2. The largest absolute Gasteiger partial charge is 0.491 e. The van der Waals surface area contributed by atoms with Gasteiger partial charge in [0.1, 0.15) is 18.2 Å². The van der Waals surface area contributed by atoms with Gasteiger partial charge in [-0.05, 0) is 51.0 Å². The van der Waals surface area contributed by atoms with Crippen molar-refractivity contribution in [2.24, 2.45) is 4.99 Å². The van der Waals surface area contributed by atoms with Crippen molar-refractivity contribution in [3.05, 3.63) is 53.2 Å². The molecule has 0 fully saturated rings. The molecule has 0 aliphatic heterocycles. The van der Waals surface area contributed by atoms with Crippen molar-refractivity contribution in [2.75, 3.05) is 38.2 Å². The number of pyridine rings is 1. The van der Waals surface area contributed by atoms with Crippen molar-refractivity contribution < 1.29 is 14.3 Å². The molecule has 0 aliphatic carbocycles. The second-order valence-electron chi connectivity index (χ2n) is 7.30. The lowest BCUT2D eigenvalue weighted by Gasteiger charge is -2.14. The summed E-state index contributed by atoms with van der Waals surface area (Å²) < 4.78 is 11.2. The minimum Gasteiger partial charge on any atom is -0.491 e. The number of rotatable bonds is 12. The number of guanidine groups is 1. The van der Waals surface area contributed by atoms with Crippen LogP contribution in [0.2, 0.25) is 0 Å². The molecule has 2 rings (SSSR count). The van der Waals surface area contributed by atoms with Gasteiger partial charge in [0.05, 0.1) is 13.2 Å². The fourth-order valence-electron chi connectivity index (χ4n) is 2.83. The second-order valence-corrected chi connectivity index (χ2v) is 7.30. The SMILES string of the molecule is CCNC(=NCc1ccc(C)cc1OCCOCC)NCCC(=O)Nc1ccc(C)cn1. The molecule has 8 nitrogen and oxygen atoms in total. The number of ether oxygens (including phenoxy) is 2. The molecule has 0 saturated carbocycles. The van der Waals surface area contributed by atoms with E-state index in [9.17, 15) is 4.79 Å². The van der Waals surface area contributed by atoms with Gasteiger partial charge in [0.2, 0.25) is 5.91 Å². The number of carbonyl (C=O) groups excluding carboxylic acids is 1. The Morgan fingerprint density at radius 3 is 2.59 bits per heavy atom. The molecule has 1 amide bonds. The summed E-state index contributed by atoms with van der Waals surface area (Å²) in [5.74, 6) is 1.91. The Hall–Kier alpha value is -3.13. The number of hydrogen-bond acceptors (Lipinski definition) is 5. The third-order valence-electron chi connectivity index (χ3n) is 4.49. The van der Waals surface area contributed by atoms with Crippen LogP contribution in [0.5, 0.6) is 5.75 Å². The topological polar surface area (TPSA) is 96.9 Å². The van der Waals surface area contributed by atoms with E-state index in [1.807, 2.05) is 52.0 Å². The molecule has 8 heteroatoms. The maximum absolute atomic E-state index is 12.2. The number of carbonyl (C=O) groups is 1. The average Bonchev–Trinajstić information content (AvgIpc) is 2.77. The summed E-state index contributed by atoms with van der Waals surface area (Å²) in [5.41, 5.74) is 3.17. The minimum atomic E-state index is -0.103. The molecule has 0 aliphatic rings. The van der Waals surface area contributed by atoms with Gasteiger partial charge in [0.15, 0.2) is 5.96 Å². The number of aryl methyl sites for hydroxylation is 2. The molecule has 0 radical (unpaired) electrons. The standard InChI is InChI=1S/C24H35N5O3/c1-5-25-24(26-12-11-23(30)29-22-10-8-19(4)16-27-22)28-17-20-9-7-18(3)15-21(20)32-14-13-31-6-2/h7-10,15-16H,5-6,11-14,17H2,1-4H3,(H2,25,26,28)(H,27,29,30). The normalized spacial score (nSPS) is 11.2. The third-order valence-corrected chi connectivity index (χ3v) is 4.49. The highest BCUT2D eigenvalue weighted by Gasteiger charge is 2.07. The fourth-order valence-corrected chi connectivity index (χ4v) is 2.83. The quantitative estimate of drug-likeness (QED) is 0.266. The Morgan fingerprint density at radius 1 is 1.06 bits per heavy atom. The van der Waals surface area contributed by atoms with Crippen molar-refractivity contribution in [2.45, 2.75) is 40.7 Å². The van der Waals surface area contributed by atoms with Crippen molar-refractivity contribution in [3.63, 3.8) is 0 Å². The number of anilines is 1. The van der Waals surface area contributed by atoms with Crippen molar-refractivity contribution >= 4 is 17.7 Å². The number of aliphatic imine (C=N–C) groups is 1. The minimum absolute atomic E-state index is 0.103. The molecule has 0 spiro atoms. The van der Waals surface area contributed by atoms with E-state index < -0.39 is 0 Å². The van der Waals surface area contributed by atoms with E-state index in [4.69, 9.17) is 9.47 Å². The smallest absolute Gasteiger partial charge is 0.227 e. The number of amides is 1. The molecule has 3 N–H and O–H groups in total. The lowest BCUT2D eigenvalue weighted by atomic mass is 10.1. The summed E-state index contributed by atoms with van der Waals surface area (Å²) in [6.07, 6.45) is 2.03. The number of nitrogens with zero attached hydrogens (tertiary/aromatic N) is 2. The van der Waals surface area contributed by atoms with E-state index in [1.165, 1.54) is 0 Å². The van der Waals surface area contributed by atoms with Crippen LogP contribution in [0.3, 0.4) is 0 Å². The zero-order valence-electron chi connectivity index (χ0n) is 19.5.